The topological polar surface area (TPSA) is 73.3 Å². The Kier molecular flexibility index (Phi) is 13.7. The van der Waals surface area contributed by atoms with E-state index in [1.54, 1.807) is 12.1 Å². The van der Waals surface area contributed by atoms with Gasteiger partial charge in [0.2, 0.25) is 0 Å². The molecule has 0 saturated carbocycles. The van der Waals surface area contributed by atoms with Crippen LogP contribution < -0.4 is 20.1 Å². The smallest absolute Gasteiger partial charge is 0.422 e. The van der Waals surface area contributed by atoms with Gasteiger partial charge in [0.15, 0.2) is 24.1 Å². The van der Waals surface area contributed by atoms with Gasteiger partial charge in [0.1, 0.15) is 0 Å². The van der Waals surface area contributed by atoms with E-state index in [4.69, 9.17) is 18.9 Å². The van der Waals surface area contributed by atoms with Crippen LogP contribution in [0.25, 0.3) is 0 Å². The van der Waals surface area contributed by atoms with Crippen LogP contribution in [0.4, 0.5) is 13.2 Å². The number of nitrogens with zero attached hydrogens (tertiary/aromatic N) is 1. The average molecular weight is 575 g/mol. The van der Waals surface area contributed by atoms with Crippen molar-refractivity contribution in [2.24, 2.45) is 10.9 Å². The lowest BCUT2D eigenvalue weighted by molar-refractivity contribution is -0.153. The summed E-state index contributed by atoms with van der Waals surface area (Å²) in [5.74, 6) is 1.44. The van der Waals surface area contributed by atoms with Crippen molar-refractivity contribution >= 4 is 29.9 Å². The van der Waals surface area contributed by atoms with E-state index in [0.717, 1.165) is 38.2 Å². The number of ether oxygens (including phenoxy) is 4. The lowest BCUT2D eigenvalue weighted by Crippen LogP contribution is -2.38. The molecule has 0 aliphatic carbocycles. The van der Waals surface area contributed by atoms with Crippen LogP contribution in [-0.4, -0.2) is 65.4 Å². The molecule has 0 spiro atoms. The molecule has 184 valence electrons. The monoisotopic (exact) mass is 575 g/mol. The Morgan fingerprint density at radius 2 is 2.06 bits per heavy atom. The molecule has 1 aliphatic rings. The molecule has 1 aromatic rings. The quantitative estimate of drug-likeness (QED) is 0.171. The highest BCUT2D eigenvalue weighted by molar-refractivity contribution is 14.0. The van der Waals surface area contributed by atoms with Crippen LogP contribution in [-0.2, 0) is 16.0 Å². The second-order valence-electron chi connectivity index (χ2n) is 7.17. The molecule has 0 amide bonds. The first kappa shape index (κ1) is 28.6. The summed E-state index contributed by atoms with van der Waals surface area (Å²) in [4.78, 5) is 4.52. The fourth-order valence-electron chi connectivity index (χ4n) is 2.95. The molecule has 1 fully saturated rings. The minimum Gasteiger partial charge on any atom is -0.493 e. The summed E-state index contributed by atoms with van der Waals surface area (Å²) in [5.41, 5.74) is 0.788. The molecule has 1 unspecified atom stereocenters. The third kappa shape index (κ3) is 11.4. The first-order valence-corrected chi connectivity index (χ1v) is 10.5. The summed E-state index contributed by atoms with van der Waals surface area (Å²) in [5, 5.41) is 6.42. The Labute approximate surface area is 204 Å². The molecule has 0 aromatic heterocycles. The molecule has 0 bridgehead atoms. The minimum absolute atomic E-state index is 0. The van der Waals surface area contributed by atoms with Crippen LogP contribution >= 0.6 is 24.0 Å². The van der Waals surface area contributed by atoms with Gasteiger partial charge in [0, 0.05) is 32.2 Å². The minimum atomic E-state index is -4.41. The van der Waals surface area contributed by atoms with E-state index in [-0.39, 0.29) is 35.5 Å². The van der Waals surface area contributed by atoms with Gasteiger partial charge in [-0.05, 0) is 37.5 Å². The van der Waals surface area contributed by atoms with Crippen LogP contribution in [0.5, 0.6) is 11.5 Å². The zero-order valence-corrected chi connectivity index (χ0v) is 20.8. The Morgan fingerprint density at radius 3 is 2.72 bits per heavy atom. The Bertz CT molecular complexity index is 687. The van der Waals surface area contributed by atoms with Gasteiger partial charge in [-0.25, -0.2) is 4.99 Å². The van der Waals surface area contributed by atoms with Gasteiger partial charge < -0.3 is 29.6 Å². The number of rotatable bonds is 12. The Morgan fingerprint density at radius 1 is 1.25 bits per heavy atom. The summed E-state index contributed by atoms with van der Waals surface area (Å²) in [6.07, 6.45) is -2.50. The molecule has 1 aromatic carbocycles. The van der Waals surface area contributed by atoms with Crippen LogP contribution in [0.3, 0.4) is 0 Å². The standard InChI is InChI=1S/C21H32F3N3O4.HI/c1-3-25-20(26-8-4-9-29-13-17-7-10-30-14-17)27-12-16-5-6-18(19(11-16)28-2)31-15-21(22,23)24;/h5-6,11,17H,3-4,7-10,12-15H2,1-2H3,(H2,25,26,27);1H. The molecule has 1 heterocycles. The lowest BCUT2D eigenvalue weighted by Gasteiger charge is -2.14. The van der Waals surface area contributed by atoms with Gasteiger partial charge in [-0.1, -0.05) is 6.07 Å². The van der Waals surface area contributed by atoms with Crippen molar-refractivity contribution in [3.63, 3.8) is 0 Å². The van der Waals surface area contributed by atoms with E-state index >= 15 is 0 Å². The zero-order chi connectivity index (χ0) is 22.5. The van der Waals surface area contributed by atoms with Gasteiger partial charge >= 0.3 is 6.18 Å². The maximum absolute atomic E-state index is 12.4. The van der Waals surface area contributed by atoms with Gasteiger partial charge in [0.25, 0.3) is 0 Å². The number of alkyl halides is 3. The highest BCUT2D eigenvalue weighted by Gasteiger charge is 2.29. The number of hydrogen-bond donors (Lipinski definition) is 2. The van der Waals surface area contributed by atoms with Crippen LogP contribution in [0.2, 0.25) is 0 Å². The number of benzene rings is 1. The van der Waals surface area contributed by atoms with Crippen molar-refractivity contribution in [2.45, 2.75) is 32.5 Å². The zero-order valence-electron chi connectivity index (χ0n) is 18.5. The molecule has 1 aliphatic heterocycles. The summed E-state index contributed by atoms with van der Waals surface area (Å²) < 4.78 is 58.1. The van der Waals surface area contributed by atoms with E-state index < -0.39 is 12.8 Å². The average Bonchev–Trinajstić information content (AvgIpc) is 3.26. The van der Waals surface area contributed by atoms with E-state index in [0.29, 0.717) is 38.1 Å². The predicted octanol–water partition coefficient (Wildman–Crippen LogP) is 3.75. The molecule has 11 heteroatoms. The van der Waals surface area contributed by atoms with Crippen LogP contribution in [0, 0.1) is 5.92 Å². The van der Waals surface area contributed by atoms with Crippen molar-refractivity contribution in [3.8, 4) is 11.5 Å². The fourth-order valence-corrected chi connectivity index (χ4v) is 2.95. The number of nitrogens with one attached hydrogen (secondary N) is 2. The second-order valence-corrected chi connectivity index (χ2v) is 7.17. The number of guanidine groups is 1. The van der Waals surface area contributed by atoms with Gasteiger partial charge in [-0.3, -0.25) is 0 Å². The number of halogens is 4. The lowest BCUT2D eigenvalue weighted by atomic mass is 10.1. The largest absolute Gasteiger partial charge is 0.493 e. The fraction of sp³-hybridized carbons (Fsp3) is 0.667. The number of aliphatic imine (C=N–C) groups is 1. The van der Waals surface area contributed by atoms with Crippen molar-refractivity contribution < 1.29 is 32.1 Å². The first-order chi connectivity index (χ1) is 14.9. The van der Waals surface area contributed by atoms with Gasteiger partial charge in [-0.15, -0.1) is 24.0 Å². The molecule has 0 radical (unpaired) electrons. The predicted molar refractivity (Wildman–Crippen MR) is 127 cm³/mol. The summed E-state index contributed by atoms with van der Waals surface area (Å²) in [7, 11) is 1.39. The molecular weight excluding hydrogens is 542 g/mol. The highest BCUT2D eigenvalue weighted by Crippen LogP contribution is 2.30. The van der Waals surface area contributed by atoms with Crippen molar-refractivity contribution in [1.29, 1.82) is 0 Å². The molecular formula is C21H33F3IN3O4. The third-order valence-electron chi connectivity index (χ3n) is 4.52. The van der Waals surface area contributed by atoms with E-state index in [9.17, 15) is 13.2 Å². The Balaban J connectivity index is 0.00000512. The van der Waals surface area contributed by atoms with Crippen LogP contribution in [0.15, 0.2) is 23.2 Å². The van der Waals surface area contributed by atoms with E-state index in [1.807, 2.05) is 6.92 Å². The molecule has 1 saturated heterocycles. The first-order valence-electron chi connectivity index (χ1n) is 10.5. The van der Waals surface area contributed by atoms with Gasteiger partial charge in [0.05, 0.1) is 26.9 Å². The molecule has 32 heavy (non-hydrogen) atoms. The van der Waals surface area contributed by atoms with Crippen molar-refractivity contribution in [2.75, 3.05) is 53.2 Å². The van der Waals surface area contributed by atoms with E-state index in [2.05, 4.69) is 15.6 Å². The SMILES string of the molecule is CCNC(=NCc1ccc(OCC(F)(F)F)c(OC)c1)NCCCOCC1CCOC1.I. The molecule has 2 N–H and O–H groups in total. The summed E-state index contributed by atoms with van der Waals surface area (Å²) in [6.45, 7) is 5.37. The molecule has 1 atom stereocenters. The van der Waals surface area contributed by atoms with Crippen LogP contribution in [0.1, 0.15) is 25.3 Å². The molecule has 7 nitrogen and oxygen atoms in total. The normalized spacial score (nSPS) is 16.4. The third-order valence-corrected chi connectivity index (χ3v) is 4.52. The Hall–Kier alpha value is -1.47. The summed E-state index contributed by atoms with van der Waals surface area (Å²) >= 11 is 0. The maximum Gasteiger partial charge on any atom is 0.422 e. The number of methoxy groups -OCH3 is 1. The molecule has 2 rings (SSSR count). The van der Waals surface area contributed by atoms with E-state index in [1.165, 1.54) is 13.2 Å². The van der Waals surface area contributed by atoms with Gasteiger partial charge in [-0.2, -0.15) is 13.2 Å². The summed E-state index contributed by atoms with van der Waals surface area (Å²) in [6, 6.07) is 4.75. The number of hydrogen-bond acceptors (Lipinski definition) is 5. The van der Waals surface area contributed by atoms with Crippen molar-refractivity contribution in [1.82, 2.24) is 10.6 Å². The maximum atomic E-state index is 12.4. The van der Waals surface area contributed by atoms with Crippen molar-refractivity contribution in [3.05, 3.63) is 23.8 Å². The highest BCUT2D eigenvalue weighted by atomic mass is 127. The second kappa shape index (κ2) is 15.4.